The summed E-state index contributed by atoms with van der Waals surface area (Å²) >= 11 is 0. The predicted molar refractivity (Wildman–Crippen MR) is 192 cm³/mol. The van der Waals surface area contributed by atoms with Crippen molar-refractivity contribution in [2.45, 2.75) is 147 Å². The second-order valence-corrected chi connectivity index (χ2v) is 14.9. The van der Waals surface area contributed by atoms with Crippen molar-refractivity contribution in [3.8, 4) is 5.75 Å². The number of allylic oxidation sites excluding steroid dienone is 4. The number of phenols is 1. The third-order valence-corrected chi connectivity index (χ3v) is 11.8. The Labute approximate surface area is 279 Å². The largest absolute Gasteiger partial charge is 0.508 e. The van der Waals surface area contributed by atoms with Crippen molar-refractivity contribution in [2.24, 2.45) is 17.8 Å². The summed E-state index contributed by atoms with van der Waals surface area (Å²) in [4.78, 5) is 12.8. The highest BCUT2D eigenvalue weighted by molar-refractivity contribution is 5.73. The molecule has 0 radical (unpaired) electrons. The quantitative estimate of drug-likeness (QED) is 0.172. The van der Waals surface area contributed by atoms with Crippen LogP contribution in [0.2, 0.25) is 0 Å². The molecule has 2 N–H and O–H groups in total. The first-order chi connectivity index (χ1) is 22.5. The van der Waals surface area contributed by atoms with Gasteiger partial charge in [0.05, 0.1) is 5.92 Å². The monoisotopic (exact) mass is 624 g/mol. The normalized spacial score (nSPS) is 25.2. The fraction of sp³-hybridized carbons (Fsp3) is 0.605. The molecule has 0 unspecified atom stereocenters. The Balaban J connectivity index is 1.43. The Morgan fingerprint density at radius 3 is 2.43 bits per heavy atom. The minimum absolute atomic E-state index is 0.294. The van der Waals surface area contributed by atoms with Gasteiger partial charge in [-0.15, -0.1) is 0 Å². The molecule has 2 aromatic rings. The molecule has 250 valence electrons. The lowest BCUT2D eigenvalue weighted by Crippen LogP contribution is -2.41. The molecule has 2 bridgehead atoms. The van der Waals surface area contributed by atoms with Gasteiger partial charge in [0.15, 0.2) is 0 Å². The average molecular weight is 625 g/mol. The third kappa shape index (κ3) is 8.96. The highest BCUT2D eigenvalue weighted by Crippen LogP contribution is 2.48. The van der Waals surface area contributed by atoms with Gasteiger partial charge in [0.1, 0.15) is 5.75 Å². The van der Waals surface area contributed by atoms with Crippen molar-refractivity contribution in [3.05, 3.63) is 89.0 Å². The summed E-state index contributed by atoms with van der Waals surface area (Å²) in [5, 5.41) is 21.4. The number of carboxylic acid groups (broad SMARTS) is 1. The molecule has 0 saturated heterocycles. The number of rotatable bonds is 13. The number of phenolic OH excluding ortho intramolecular Hbond substituents is 1. The first-order valence-corrected chi connectivity index (χ1v) is 19.0. The van der Waals surface area contributed by atoms with Crippen LogP contribution in [-0.2, 0) is 23.1 Å². The third-order valence-electron chi connectivity index (χ3n) is 11.8. The maximum absolute atomic E-state index is 12.8. The first kappa shape index (κ1) is 34.5. The van der Waals surface area contributed by atoms with Crippen LogP contribution in [0.3, 0.4) is 0 Å². The van der Waals surface area contributed by atoms with E-state index in [4.69, 9.17) is 0 Å². The number of fused-ring (bicyclic) bond motifs is 3. The molecule has 0 aromatic heterocycles. The number of carbonyl (C=O) groups is 1. The molecule has 4 atom stereocenters. The maximum Gasteiger partial charge on any atom is 0.307 e. The SMILES string of the molecule is CCCCCc1cc([C@H]2Cc3cccc(c3)C3(CCCCC3)[C@H](C(=O)O)C/C=C\C[C@@H]2CCCCCC[C@@H]2C=CCC2)ccc1O. The van der Waals surface area contributed by atoms with Gasteiger partial charge in [-0.1, -0.05) is 125 Å². The Morgan fingerprint density at radius 2 is 1.67 bits per heavy atom. The van der Waals surface area contributed by atoms with Crippen molar-refractivity contribution >= 4 is 5.97 Å². The van der Waals surface area contributed by atoms with E-state index in [-0.39, 0.29) is 11.3 Å². The highest BCUT2D eigenvalue weighted by atomic mass is 16.4. The summed E-state index contributed by atoms with van der Waals surface area (Å²) in [7, 11) is 0. The summed E-state index contributed by atoms with van der Waals surface area (Å²) in [6.07, 6.45) is 31.8. The summed E-state index contributed by atoms with van der Waals surface area (Å²) in [5.41, 5.74) is 4.72. The number of aryl methyl sites for hydroxylation is 1. The number of benzene rings is 2. The molecular weight excluding hydrogens is 564 g/mol. The van der Waals surface area contributed by atoms with E-state index in [9.17, 15) is 15.0 Å². The molecule has 0 heterocycles. The predicted octanol–water partition coefficient (Wildman–Crippen LogP) is 11.6. The molecule has 3 heteroatoms. The molecule has 0 amide bonds. The number of aliphatic carboxylic acids is 1. The Hall–Kier alpha value is -2.81. The summed E-state index contributed by atoms with van der Waals surface area (Å²) < 4.78 is 0. The molecule has 3 aliphatic carbocycles. The van der Waals surface area contributed by atoms with Gasteiger partial charge >= 0.3 is 5.97 Å². The zero-order valence-electron chi connectivity index (χ0n) is 28.6. The van der Waals surface area contributed by atoms with E-state index < -0.39 is 5.97 Å². The average Bonchev–Trinajstić information content (AvgIpc) is 3.59. The number of unbranched alkanes of at least 4 members (excludes halogenated alkanes) is 5. The smallest absolute Gasteiger partial charge is 0.307 e. The van der Waals surface area contributed by atoms with Crippen LogP contribution in [0.5, 0.6) is 5.75 Å². The van der Waals surface area contributed by atoms with Crippen LogP contribution >= 0.6 is 0 Å². The molecule has 5 rings (SSSR count). The standard InChI is InChI=1S/C43H60O3/c1-2-3-7-23-37-32-36(26-27-41(37)44)39-31-34-20-16-24-38(30-34)43(28-14-6-15-29-43)40(42(45)46)25-13-12-22-35(39)21-9-5-4-8-17-33-18-10-11-19-33/h10,12-13,16,18,20,24,26-27,30,32-33,35,39-40,44H,2-9,11,14-15,17,19,21-23,25,28-29,31H2,1H3,(H,45,46)/b13-12-/t33-,35+,39+,40+/m1/s1. The summed E-state index contributed by atoms with van der Waals surface area (Å²) in [6, 6.07) is 15.5. The van der Waals surface area contributed by atoms with Crippen LogP contribution in [0, 0.1) is 17.8 Å². The number of hydrogen-bond acceptors (Lipinski definition) is 2. The molecule has 46 heavy (non-hydrogen) atoms. The van der Waals surface area contributed by atoms with E-state index in [2.05, 4.69) is 67.6 Å². The molecular formula is C43H60O3. The van der Waals surface area contributed by atoms with Crippen LogP contribution in [0.4, 0.5) is 0 Å². The Kier molecular flexibility index (Phi) is 13.0. The number of aromatic hydroxyl groups is 1. The molecule has 1 fully saturated rings. The van der Waals surface area contributed by atoms with E-state index in [1.807, 2.05) is 6.07 Å². The van der Waals surface area contributed by atoms with Crippen LogP contribution in [0.1, 0.15) is 151 Å². The van der Waals surface area contributed by atoms with Crippen molar-refractivity contribution < 1.29 is 15.0 Å². The molecule has 3 nitrogen and oxygen atoms in total. The van der Waals surface area contributed by atoms with Crippen LogP contribution < -0.4 is 0 Å². The van der Waals surface area contributed by atoms with Gasteiger partial charge in [0.2, 0.25) is 0 Å². The van der Waals surface area contributed by atoms with E-state index in [1.165, 1.54) is 87.3 Å². The second kappa shape index (κ2) is 17.4. The minimum atomic E-state index is -0.642. The highest BCUT2D eigenvalue weighted by Gasteiger charge is 2.44. The Morgan fingerprint density at radius 1 is 0.870 bits per heavy atom. The maximum atomic E-state index is 12.8. The molecule has 2 aromatic carbocycles. The van der Waals surface area contributed by atoms with Crippen molar-refractivity contribution in [2.75, 3.05) is 0 Å². The Bertz CT molecular complexity index is 1300. The molecule has 0 aliphatic heterocycles. The van der Waals surface area contributed by atoms with Gasteiger partial charge in [-0.25, -0.2) is 0 Å². The molecule has 1 saturated carbocycles. The van der Waals surface area contributed by atoms with E-state index in [0.717, 1.165) is 62.8 Å². The van der Waals surface area contributed by atoms with Gasteiger partial charge in [-0.3, -0.25) is 4.79 Å². The van der Waals surface area contributed by atoms with Crippen LogP contribution in [0.25, 0.3) is 0 Å². The van der Waals surface area contributed by atoms with E-state index in [0.29, 0.717) is 24.0 Å². The summed E-state index contributed by atoms with van der Waals surface area (Å²) in [6.45, 7) is 2.23. The van der Waals surface area contributed by atoms with Gasteiger partial charge in [0, 0.05) is 5.41 Å². The van der Waals surface area contributed by atoms with E-state index in [1.54, 1.807) is 0 Å². The number of carboxylic acids is 1. The zero-order valence-corrected chi connectivity index (χ0v) is 28.6. The van der Waals surface area contributed by atoms with E-state index >= 15 is 0 Å². The second-order valence-electron chi connectivity index (χ2n) is 14.9. The van der Waals surface area contributed by atoms with Gasteiger partial charge < -0.3 is 10.2 Å². The van der Waals surface area contributed by atoms with Crippen LogP contribution in [0.15, 0.2) is 66.8 Å². The lowest BCUT2D eigenvalue weighted by molar-refractivity contribution is -0.145. The van der Waals surface area contributed by atoms with Crippen molar-refractivity contribution in [1.29, 1.82) is 0 Å². The van der Waals surface area contributed by atoms with Gasteiger partial charge in [0.25, 0.3) is 0 Å². The number of hydrogen-bond donors (Lipinski definition) is 2. The topological polar surface area (TPSA) is 57.5 Å². The minimum Gasteiger partial charge on any atom is -0.508 e. The van der Waals surface area contributed by atoms with Gasteiger partial charge in [-0.05, 0) is 117 Å². The lowest BCUT2D eigenvalue weighted by atomic mass is 9.60. The zero-order chi connectivity index (χ0) is 32.2. The van der Waals surface area contributed by atoms with Crippen LogP contribution in [-0.4, -0.2) is 16.2 Å². The first-order valence-electron chi connectivity index (χ1n) is 19.0. The molecule has 3 aliphatic rings. The fourth-order valence-corrected chi connectivity index (χ4v) is 9.09. The van der Waals surface area contributed by atoms with Gasteiger partial charge in [-0.2, -0.15) is 0 Å². The summed E-state index contributed by atoms with van der Waals surface area (Å²) in [5.74, 6) is 1.03. The fourth-order valence-electron chi connectivity index (χ4n) is 9.09. The van der Waals surface area contributed by atoms with Crippen molar-refractivity contribution in [3.63, 3.8) is 0 Å². The lowest BCUT2D eigenvalue weighted by Gasteiger charge is -2.42. The van der Waals surface area contributed by atoms with Crippen molar-refractivity contribution in [1.82, 2.24) is 0 Å². The molecule has 1 spiro atoms.